The molecule has 3 amide bonds. The van der Waals surface area contributed by atoms with Crippen LogP contribution in [-0.2, 0) is 23.3 Å². The minimum absolute atomic E-state index is 0.180. The molecule has 1 N–H and O–H groups in total. The van der Waals surface area contributed by atoms with Crippen LogP contribution < -0.4 is 4.74 Å². The summed E-state index contributed by atoms with van der Waals surface area (Å²) >= 11 is 0. The van der Waals surface area contributed by atoms with Crippen molar-refractivity contribution in [3.05, 3.63) is 65.4 Å². The quantitative estimate of drug-likeness (QED) is 0.714. The Bertz CT molecular complexity index is 1100. The summed E-state index contributed by atoms with van der Waals surface area (Å²) in [4.78, 5) is 33.0. The second-order valence-electron chi connectivity index (χ2n) is 7.52. The molecule has 0 spiro atoms. The van der Waals surface area contributed by atoms with Crippen molar-refractivity contribution < 1.29 is 14.3 Å². The third-order valence-corrected chi connectivity index (χ3v) is 6.05. The molecule has 0 radical (unpaired) electrons. The van der Waals surface area contributed by atoms with E-state index in [2.05, 4.69) is 11.1 Å². The van der Waals surface area contributed by atoms with Crippen LogP contribution in [0.2, 0.25) is 0 Å². The highest BCUT2D eigenvalue weighted by atomic mass is 16.5. The van der Waals surface area contributed by atoms with Gasteiger partial charge < -0.3 is 14.6 Å². The lowest BCUT2D eigenvalue weighted by molar-refractivity contribution is -0.133. The Morgan fingerprint density at radius 3 is 2.61 bits per heavy atom. The number of rotatable bonds is 3. The molecule has 6 heteroatoms. The van der Waals surface area contributed by atoms with Crippen LogP contribution in [0.25, 0.3) is 10.9 Å². The summed E-state index contributed by atoms with van der Waals surface area (Å²) in [5.41, 5.74) is 2.89. The van der Waals surface area contributed by atoms with Gasteiger partial charge in [-0.15, -0.1) is 0 Å². The number of carbonyl (C=O) groups excluding carboxylic acids is 2. The summed E-state index contributed by atoms with van der Waals surface area (Å²) in [6.07, 6.45) is 0.740. The number of nitrogens with zero attached hydrogens (tertiary/aromatic N) is 2. The van der Waals surface area contributed by atoms with E-state index in [1.54, 1.807) is 12.0 Å². The van der Waals surface area contributed by atoms with Crippen molar-refractivity contribution in [3.8, 4) is 5.75 Å². The van der Waals surface area contributed by atoms with Gasteiger partial charge in [0.1, 0.15) is 5.75 Å². The minimum Gasteiger partial charge on any atom is -0.497 e. The predicted molar refractivity (Wildman–Crippen MR) is 105 cm³/mol. The summed E-state index contributed by atoms with van der Waals surface area (Å²) < 4.78 is 5.18. The lowest BCUT2D eigenvalue weighted by atomic mass is 9.87. The lowest BCUT2D eigenvalue weighted by Gasteiger charge is -2.36. The third-order valence-electron chi connectivity index (χ3n) is 6.05. The Kier molecular flexibility index (Phi) is 3.53. The average Bonchev–Trinajstić information content (AvgIpc) is 3.19. The molecule has 1 fully saturated rings. The fraction of sp³-hybridized carbons (Fsp3) is 0.273. The molecular weight excluding hydrogens is 354 g/mol. The monoisotopic (exact) mass is 375 g/mol. The van der Waals surface area contributed by atoms with Crippen molar-refractivity contribution in [3.63, 3.8) is 0 Å². The number of hydrogen-bond donors (Lipinski definition) is 1. The maximum absolute atomic E-state index is 13.5. The van der Waals surface area contributed by atoms with E-state index in [1.807, 2.05) is 49.4 Å². The molecule has 2 aliphatic heterocycles. The molecule has 2 aromatic carbocycles. The SMILES string of the molecule is COc1ccc(CN2C(=O)N3CCc4c([nH]c5ccccc45)C3(C)C2=O)cc1. The molecule has 2 aliphatic rings. The first kappa shape index (κ1) is 16.9. The van der Waals surface area contributed by atoms with Gasteiger partial charge in [0.05, 0.1) is 19.3 Å². The molecule has 1 unspecified atom stereocenters. The molecule has 6 nitrogen and oxygen atoms in total. The number of H-pyrrole nitrogens is 1. The van der Waals surface area contributed by atoms with Gasteiger partial charge in [-0.05, 0) is 42.7 Å². The number of nitrogens with one attached hydrogen (secondary N) is 1. The molecule has 3 heterocycles. The van der Waals surface area contributed by atoms with Crippen molar-refractivity contribution >= 4 is 22.8 Å². The third kappa shape index (κ3) is 2.14. The van der Waals surface area contributed by atoms with Crippen LogP contribution in [0.5, 0.6) is 5.75 Å². The maximum atomic E-state index is 13.5. The van der Waals surface area contributed by atoms with Gasteiger partial charge in [-0.1, -0.05) is 30.3 Å². The minimum atomic E-state index is -0.990. The molecule has 1 saturated heterocycles. The van der Waals surface area contributed by atoms with Crippen LogP contribution in [0.1, 0.15) is 23.7 Å². The van der Waals surface area contributed by atoms with Crippen molar-refractivity contribution in [2.24, 2.45) is 0 Å². The number of fused-ring (bicyclic) bond motifs is 5. The number of amides is 3. The van der Waals surface area contributed by atoms with Crippen molar-refractivity contribution in [2.75, 3.05) is 13.7 Å². The Morgan fingerprint density at radius 1 is 1.11 bits per heavy atom. The van der Waals surface area contributed by atoms with Crippen LogP contribution in [0, 0.1) is 0 Å². The molecule has 1 atom stereocenters. The number of benzene rings is 2. The van der Waals surface area contributed by atoms with Gasteiger partial charge in [-0.2, -0.15) is 0 Å². The van der Waals surface area contributed by atoms with Crippen LogP contribution in [0.15, 0.2) is 48.5 Å². The molecule has 1 aromatic heterocycles. The molecule has 0 aliphatic carbocycles. The van der Waals surface area contributed by atoms with Crippen LogP contribution in [0.3, 0.4) is 0 Å². The number of aromatic nitrogens is 1. The van der Waals surface area contributed by atoms with Gasteiger partial charge >= 0.3 is 6.03 Å². The van der Waals surface area contributed by atoms with Crippen molar-refractivity contribution in [1.29, 1.82) is 0 Å². The number of hydrogen-bond acceptors (Lipinski definition) is 3. The van der Waals surface area contributed by atoms with E-state index in [9.17, 15) is 9.59 Å². The standard InChI is InChI=1S/C22H21N3O3/c1-22-19-17(16-5-3-4-6-18(16)23-19)11-12-25(22)21(27)24(20(22)26)13-14-7-9-15(28-2)10-8-14/h3-10,23H,11-13H2,1-2H3. The topological polar surface area (TPSA) is 65.6 Å². The predicted octanol–water partition coefficient (Wildman–Crippen LogP) is 3.41. The van der Waals surface area contributed by atoms with Gasteiger partial charge in [0, 0.05) is 17.4 Å². The highest BCUT2D eigenvalue weighted by Gasteiger charge is 2.58. The fourth-order valence-electron chi connectivity index (χ4n) is 4.52. The normalized spacial score (nSPS) is 21.2. The highest BCUT2D eigenvalue weighted by Crippen LogP contribution is 2.44. The fourth-order valence-corrected chi connectivity index (χ4v) is 4.52. The number of ether oxygens (including phenoxy) is 1. The van der Waals surface area contributed by atoms with E-state index < -0.39 is 5.54 Å². The Labute approximate surface area is 162 Å². The smallest absolute Gasteiger partial charge is 0.328 e. The zero-order valence-electron chi connectivity index (χ0n) is 15.9. The first-order valence-corrected chi connectivity index (χ1v) is 9.40. The van der Waals surface area contributed by atoms with E-state index in [4.69, 9.17) is 4.74 Å². The number of aromatic amines is 1. The number of methoxy groups -OCH3 is 1. The average molecular weight is 375 g/mol. The van der Waals surface area contributed by atoms with E-state index in [-0.39, 0.29) is 18.5 Å². The second-order valence-corrected chi connectivity index (χ2v) is 7.52. The van der Waals surface area contributed by atoms with Crippen molar-refractivity contribution in [1.82, 2.24) is 14.8 Å². The van der Waals surface area contributed by atoms with E-state index in [0.717, 1.165) is 39.9 Å². The highest BCUT2D eigenvalue weighted by molar-refractivity contribution is 6.08. The number of para-hydroxylation sites is 1. The maximum Gasteiger partial charge on any atom is 0.328 e. The van der Waals surface area contributed by atoms with Crippen LogP contribution >= 0.6 is 0 Å². The Balaban J connectivity index is 1.54. The number of urea groups is 1. The molecular formula is C22H21N3O3. The molecule has 142 valence electrons. The van der Waals surface area contributed by atoms with Gasteiger partial charge in [-0.25, -0.2) is 4.79 Å². The van der Waals surface area contributed by atoms with E-state index >= 15 is 0 Å². The summed E-state index contributed by atoms with van der Waals surface area (Å²) in [5, 5.41) is 1.13. The van der Waals surface area contributed by atoms with E-state index in [1.165, 1.54) is 4.90 Å². The van der Waals surface area contributed by atoms with E-state index in [0.29, 0.717) is 6.54 Å². The number of imide groups is 1. The molecule has 3 aromatic rings. The van der Waals surface area contributed by atoms with Gasteiger partial charge in [0.15, 0.2) is 5.54 Å². The lowest BCUT2D eigenvalue weighted by Crippen LogP contribution is -2.48. The number of carbonyl (C=O) groups is 2. The Hall–Kier alpha value is -3.28. The molecule has 5 rings (SSSR count). The summed E-state index contributed by atoms with van der Waals surface area (Å²) in [5.74, 6) is 0.566. The first-order chi connectivity index (χ1) is 13.5. The largest absolute Gasteiger partial charge is 0.497 e. The zero-order valence-corrected chi connectivity index (χ0v) is 15.9. The Morgan fingerprint density at radius 2 is 1.86 bits per heavy atom. The van der Waals surface area contributed by atoms with Gasteiger partial charge in [0.25, 0.3) is 5.91 Å². The zero-order chi connectivity index (χ0) is 19.5. The van der Waals surface area contributed by atoms with Gasteiger partial charge in [-0.3, -0.25) is 9.69 Å². The summed E-state index contributed by atoms with van der Waals surface area (Å²) in [6.45, 7) is 2.65. The molecule has 0 bridgehead atoms. The summed E-state index contributed by atoms with van der Waals surface area (Å²) in [7, 11) is 1.61. The molecule has 28 heavy (non-hydrogen) atoms. The van der Waals surface area contributed by atoms with Crippen LogP contribution in [0.4, 0.5) is 4.79 Å². The summed E-state index contributed by atoms with van der Waals surface area (Å²) in [6, 6.07) is 15.3. The first-order valence-electron chi connectivity index (χ1n) is 9.40. The second kappa shape index (κ2) is 5.86. The van der Waals surface area contributed by atoms with Crippen LogP contribution in [-0.4, -0.2) is 40.4 Å². The molecule has 0 saturated carbocycles. The van der Waals surface area contributed by atoms with Crippen molar-refractivity contribution in [2.45, 2.75) is 25.4 Å². The van der Waals surface area contributed by atoms with Gasteiger partial charge in [0.2, 0.25) is 0 Å².